The van der Waals surface area contributed by atoms with E-state index >= 15 is 0 Å². The Kier molecular flexibility index (Phi) is 3.00. The molecule has 23 heavy (non-hydrogen) atoms. The van der Waals surface area contributed by atoms with E-state index in [1.54, 1.807) is 17.7 Å². The molecular formula is C14H14N6O3. The molecule has 0 unspecified atom stereocenters. The molecule has 1 saturated carbocycles. The van der Waals surface area contributed by atoms with Crippen LogP contribution >= 0.6 is 0 Å². The van der Waals surface area contributed by atoms with Crippen molar-refractivity contribution in [3.63, 3.8) is 0 Å². The third kappa shape index (κ3) is 2.50. The van der Waals surface area contributed by atoms with Gasteiger partial charge in [0.05, 0.1) is 17.9 Å². The number of fused-ring (bicyclic) bond motifs is 1. The Morgan fingerprint density at radius 2 is 2.30 bits per heavy atom. The quantitative estimate of drug-likeness (QED) is 0.765. The zero-order valence-electron chi connectivity index (χ0n) is 12.4. The zero-order valence-corrected chi connectivity index (χ0v) is 12.4. The monoisotopic (exact) mass is 314 g/mol. The molecular weight excluding hydrogens is 300 g/mol. The highest BCUT2D eigenvalue weighted by Gasteiger charge is 2.27. The van der Waals surface area contributed by atoms with Crippen molar-refractivity contribution in [1.82, 2.24) is 24.5 Å². The second-order valence-corrected chi connectivity index (χ2v) is 5.62. The average molecular weight is 314 g/mol. The van der Waals surface area contributed by atoms with Crippen molar-refractivity contribution >= 4 is 22.8 Å². The molecule has 1 fully saturated rings. The van der Waals surface area contributed by atoms with E-state index in [2.05, 4.69) is 20.6 Å². The van der Waals surface area contributed by atoms with E-state index in [1.165, 1.54) is 17.1 Å². The van der Waals surface area contributed by atoms with E-state index in [9.17, 15) is 9.59 Å². The van der Waals surface area contributed by atoms with Crippen LogP contribution < -0.4 is 10.9 Å². The standard InChI is InChI=1S/C14H14N6O3/c1-8-4-12(23-18-8)17-11(21)6-19-7-15-13-10(14(19)22)5-16-20(13)9-2-3-9/h4-5,7,9H,2-3,6H2,1H3,(H,17,21). The van der Waals surface area contributed by atoms with E-state index < -0.39 is 0 Å². The van der Waals surface area contributed by atoms with Crippen molar-refractivity contribution in [1.29, 1.82) is 0 Å². The molecule has 0 atom stereocenters. The maximum atomic E-state index is 12.4. The van der Waals surface area contributed by atoms with Gasteiger partial charge in [0.2, 0.25) is 11.8 Å². The molecule has 118 valence electrons. The molecule has 1 aliphatic rings. The molecule has 1 aliphatic carbocycles. The smallest absolute Gasteiger partial charge is 0.264 e. The summed E-state index contributed by atoms with van der Waals surface area (Å²) in [6, 6.07) is 1.94. The van der Waals surface area contributed by atoms with Gasteiger partial charge in [-0.25, -0.2) is 9.67 Å². The molecule has 0 bridgehead atoms. The van der Waals surface area contributed by atoms with Crippen LogP contribution in [0.15, 0.2) is 27.9 Å². The molecule has 0 spiro atoms. The Balaban J connectivity index is 1.58. The summed E-state index contributed by atoms with van der Waals surface area (Å²) in [5.41, 5.74) is 0.943. The van der Waals surface area contributed by atoms with Gasteiger partial charge in [0.25, 0.3) is 5.56 Å². The lowest BCUT2D eigenvalue weighted by Crippen LogP contribution is -2.27. The summed E-state index contributed by atoms with van der Waals surface area (Å²) in [5.74, 6) is -0.143. The molecule has 0 radical (unpaired) electrons. The molecule has 0 saturated heterocycles. The number of anilines is 1. The fraction of sp³-hybridized carbons (Fsp3) is 0.357. The topological polar surface area (TPSA) is 108 Å². The van der Waals surface area contributed by atoms with Gasteiger partial charge >= 0.3 is 0 Å². The van der Waals surface area contributed by atoms with Crippen molar-refractivity contribution in [2.24, 2.45) is 0 Å². The number of amides is 1. The normalized spacial score (nSPS) is 14.3. The minimum absolute atomic E-state index is 0.157. The predicted octanol–water partition coefficient (Wildman–Crippen LogP) is 0.863. The highest BCUT2D eigenvalue weighted by Crippen LogP contribution is 2.35. The van der Waals surface area contributed by atoms with Gasteiger partial charge < -0.3 is 4.52 Å². The molecule has 0 aliphatic heterocycles. The number of aryl methyl sites for hydroxylation is 1. The van der Waals surface area contributed by atoms with Gasteiger partial charge in [0, 0.05) is 6.07 Å². The maximum Gasteiger partial charge on any atom is 0.264 e. The summed E-state index contributed by atoms with van der Waals surface area (Å²) < 4.78 is 7.94. The molecule has 1 amide bonds. The molecule has 1 N–H and O–H groups in total. The number of nitrogens with one attached hydrogen (secondary N) is 1. The SMILES string of the molecule is Cc1cc(NC(=O)Cn2cnc3c(cnn3C3CC3)c2=O)on1. The third-order valence-corrected chi connectivity index (χ3v) is 3.68. The molecule has 4 rings (SSSR count). The zero-order chi connectivity index (χ0) is 16.0. The van der Waals surface area contributed by atoms with Crippen LogP contribution in [0.3, 0.4) is 0 Å². The second kappa shape index (κ2) is 5.04. The number of carbonyl (C=O) groups excluding carboxylic acids is 1. The van der Waals surface area contributed by atoms with Crippen molar-refractivity contribution < 1.29 is 9.32 Å². The Morgan fingerprint density at radius 1 is 1.48 bits per heavy atom. The van der Waals surface area contributed by atoms with E-state index in [1.807, 2.05) is 0 Å². The average Bonchev–Trinajstić information content (AvgIpc) is 3.14. The minimum atomic E-state index is -0.390. The molecule has 3 heterocycles. The van der Waals surface area contributed by atoms with Crippen LogP contribution in [0.2, 0.25) is 0 Å². The fourth-order valence-electron chi connectivity index (χ4n) is 2.42. The number of nitrogens with zero attached hydrogens (tertiary/aromatic N) is 5. The Morgan fingerprint density at radius 3 is 3.00 bits per heavy atom. The van der Waals surface area contributed by atoms with Crippen LogP contribution in [-0.4, -0.2) is 30.4 Å². The first-order valence-corrected chi connectivity index (χ1v) is 7.27. The number of hydrogen-bond acceptors (Lipinski definition) is 6. The minimum Gasteiger partial charge on any atom is -0.338 e. The molecule has 9 heteroatoms. The molecule has 3 aromatic heterocycles. The van der Waals surface area contributed by atoms with E-state index in [-0.39, 0.29) is 23.9 Å². The van der Waals surface area contributed by atoms with Crippen molar-refractivity contribution in [3.8, 4) is 0 Å². The van der Waals surface area contributed by atoms with E-state index in [0.717, 1.165) is 12.8 Å². The summed E-state index contributed by atoms with van der Waals surface area (Å²) >= 11 is 0. The summed E-state index contributed by atoms with van der Waals surface area (Å²) in [6.45, 7) is 1.59. The Labute approximate surface area is 129 Å². The van der Waals surface area contributed by atoms with Gasteiger partial charge in [-0.05, 0) is 19.8 Å². The van der Waals surface area contributed by atoms with Gasteiger partial charge in [0.1, 0.15) is 18.3 Å². The van der Waals surface area contributed by atoms with Crippen LogP contribution in [0.25, 0.3) is 11.0 Å². The second-order valence-electron chi connectivity index (χ2n) is 5.62. The highest BCUT2D eigenvalue weighted by atomic mass is 16.5. The lowest BCUT2D eigenvalue weighted by atomic mass is 10.4. The molecule has 9 nitrogen and oxygen atoms in total. The predicted molar refractivity (Wildman–Crippen MR) is 79.9 cm³/mol. The lowest BCUT2D eigenvalue weighted by Gasteiger charge is -2.05. The van der Waals surface area contributed by atoms with Crippen LogP contribution in [0, 0.1) is 6.92 Å². The fourth-order valence-corrected chi connectivity index (χ4v) is 2.42. The number of rotatable bonds is 4. The largest absolute Gasteiger partial charge is 0.338 e. The van der Waals surface area contributed by atoms with Gasteiger partial charge in [-0.1, -0.05) is 5.16 Å². The van der Waals surface area contributed by atoms with Gasteiger partial charge in [-0.2, -0.15) is 5.10 Å². The Bertz CT molecular complexity index is 949. The highest BCUT2D eigenvalue weighted by molar-refractivity contribution is 5.89. The number of hydrogen-bond donors (Lipinski definition) is 1. The van der Waals surface area contributed by atoms with Crippen molar-refractivity contribution in [2.45, 2.75) is 32.4 Å². The summed E-state index contributed by atoms with van der Waals surface area (Å²) in [6.07, 6.45) is 4.99. The molecule has 3 aromatic rings. The van der Waals surface area contributed by atoms with Gasteiger partial charge in [0.15, 0.2) is 5.65 Å². The van der Waals surface area contributed by atoms with Crippen molar-refractivity contribution in [3.05, 3.63) is 34.6 Å². The van der Waals surface area contributed by atoms with Gasteiger partial charge in [-0.3, -0.25) is 19.5 Å². The number of carbonyl (C=O) groups is 1. The van der Waals surface area contributed by atoms with Crippen molar-refractivity contribution in [2.75, 3.05) is 5.32 Å². The van der Waals surface area contributed by atoms with E-state index in [0.29, 0.717) is 22.8 Å². The van der Waals surface area contributed by atoms with Crippen LogP contribution in [-0.2, 0) is 11.3 Å². The third-order valence-electron chi connectivity index (χ3n) is 3.68. The lowest BCUT2D eigenvalue weighted by molar-refractivity contribution is -0.116. The molecule has 0 aromatic carbocycles. The van der Waals surface area contributed by atoms with Crippen LogP contribution in [0.1, 0.15) is 24.6 Å². The van der Waals surface area contributed by atoms with Gasteiger partial charge in [-0.15, -0.1) is 0 Å². The van der Waals surface area contributed by atoms with E-state index in [4.69, 9.17) is 4.52 Å². The number of aromatic nitrogens is 5. The van der Waals surface area contributed by atoms with Crippen LogP contribution in [0.5, 0.6) is 0 Å². The summed E-state index contributed by atoms with van der Waals surface area (Å²) in [5, 5.41) is 10.9. The summed E-state index contributed by atoms with van der Waals surface area (Å²) in [7, 11) is 0. The first kappa shape index (κ1) is 13.7. The Hall–Kier alpha value is -2.97. The first-order valence-electron chi connectivity index (χ1n) is 7.27. The summed E-state index contributed by atoms with van der Waals surface area (Å²) in [4.78, 5) is 28.7. The van der Waals surface area contributed by atoms with Crippen LogP contribution in [0.4, 0.5) is 5.88 Å². The maximum absolute atomic E-state index is 12.4. The first-order chi connectivity index (χ1) is 11.1.